The van der Waals surface area contributed by atoms with Gasteiger partial charge in [-0.25, -0.2) is 9.97 Å². The second-order valence-corrected chi connectivity index (χ2v) is 15.3. The molecule has 55 heavy (non-hydrogen) atoms. The van der Waals surface area contributed by atoms with Crippen molar-refractivity contribution in [3.8, 4) is 22.6 Å². The van der Waals surface area contributed by atoms with Gasteiger partial charge in [0.1, 0.15) is 22.8 Å². The Morgan fingerprint density at radius 2 is 1.05 bits per heavy atom. The minimum absolute atomic E-state index is 0.398. The van der Waals surface area contributed by atoms with Gasteiger partial charge in [0.2, 0.25) is 0 Å². The van der Waals surface area contributed by atoms with Gasteiger partial charge < -0.3 is 4.74 Å². The average molecular weight is 712 g/mol. The normalized spacial score (nSPS) is 12.3. The number of ether oxygens (including phenoxy) is 1. The molecular weight excluding hydrogens is 675 g/mol. The first-order valence-electron chi connectivity index (χ1n) is 19.1. The summed E-state index contributed by atoms with van der Waals surface area (Å²) in [4.78, 5) is 15.1. The molecule has 0 atom stereocenters. The summed E-state index contributed by atoms with van der Waals surface area (Å²) in [5.74, 6) is 2.27. The first kappa shape index (κ1) is 31.7. The van der Waals surface area contributed by atoms with Crippen LogP contribution in [0.5, 0.6) is 11.5 Å². The minimum Gasteiger partial charge on any atom is -0.457 e. The molecule has 0 aliphatic rings. The van der Waals surface area contributed by atoms with Crippen molar-refractivity contribution in [2.75, 3.05) is 0 Å². The number of rotatable bonds is 5. The Balaban J connectivity index is 1.12. The van der Waals surface area contributed by atoms with Crippen LogP contribution in [0.3, 0.4) is 0 Å². The lowest BCUT2D eigenvalue weighted by Gasteiger charge is -2.21. The molecule has 0 amide bonds. The first-order chi connectivity index (χ1) is 26.9. The maximum absolute atomic E-state index is 6.75. The Hall–Kier alpha value is -6.79. The molecule has 0 saturated carbocycles. The Morgan fingerprint density at radius 1 is 0.473 bits per heavy atom. The molecule has 0 fully saturated rings. The SMILES string of the molecule is CC(C)c1cccc(C(C)C)c1-c1ccc2c(c1)c1ccc(Oc3ccc4c(c3)c3nc5ccccc5n3c3cccnc43)cc1c1nc3ccccc3n21. The van der Waals surface area contributed by atoms with E-state index in [0.717, 1.165) is 83.0 Å². The van der Waals surface area contributed by atoms with Gasteiger partial charge in [-0.1, -0.05) is 76.2 Å². The molecule has 0 spiro atoms. The molecule has 0 bridgehead atoms. The minimum atomic E-state index is 0.398. The van der Waals surface area contributed by atoms with E-state index in [4.69, 9.17) is 19.7 Å². The van der Waals surface area contributed by atoms with Crippen LogP contribution >= 0.6 is 0 Å². The molecule has 11 aromatic rings. The van der Waals surface area contributed by atoms with E-state index in [9.17, 15) is 0 Å². The number of aromatic nitrogens is 5. The number of imidazole rings is 2. The van der Waals surface area contributed by atoms with Crippen molar-refractivity contribution in [3.63, 3.8) is 0 Å². The third-order valence-corrected chi connectivity index (χ3v) is 11.3. The lowest BCUT2D eigenvalue weighted by atomic mass is 9.84. The van der Waals surface area contributed by atoms with E-state index in [0.29, 0.717) is 11.8 Å². The maximum Gasteiger partial charge on any atom is 0.146 e. The van der Waals surface area contributed by atoms with Crippen LogP contribution in [0.2, 0.25) is 0 Å². The van der Waals surface area contributed by atoms with E-state index in [1.165, 1.54) is 27.6 Å². The number of hydrogen-bond donors (Lipinski definition) is 0. The Kier molecular flexibility index (Phi) is 6.84. The lowest BCUT2D eigenvalue weighted by Crippen LogP contribution is -2.00. The van der Waals surface area contributed by atoms with E-state index >= 15 is 0 Å². The molecule has 11 rings (SSSR count). The number of hydrogen-bond acceptors (Lipinski definition) is 4. The fourth-order valence-electron chi connectivity index (χ4n) is 8.79. The Morgan fingerprint density at radius 3 is 1.71 bits per heavy atom. The second-order valence-electron chi connectivity index (χ2n) is 15.3. The molecule has 0 aliphatic heterocycles. The highest BCUT2D eigenvalue weighted by atomic mass is 16.5. The first-order valence-corrected chi connectivity index (χ1v) is 19.1. The van der Waals surface area contributed by atoms with Crippen LogP contribution in [-0.4, -0.2) is 23.8 Å². The zero-order valence-corrected chi connectivity index (χ0v) is 31.1. The van der Waals surface area contributed by atoms with Crippen molar-refractivity contribution in [2.45, 2.75) is 39.5 Å². The molecule has 6 heteroatoms. The molecule has 5 aromatic heterocycles. The van der Waals surface area contributed by atoms with Gasteiger partial charge in [0, 0.05) is 27.7 Å². The third-order valence-electron chi connectivity index (χ3n) is 11.3. The molecule has 264 valence electrons. The van der Waals surface area contributed by atoms with Gasteiger partial charge in [-0.05, 0) is 124 Å². The summed E-state index contributed by atoms with van der Waals surface area (Å²) in [6, 6.07) is 47.2. The summed E-state index contributed by atoms with van der Waals surface area (Å²) in [5.41, 5.74) is 14.3. The van der Waals surface area contributed by atoms with E-state index in [-0.39, 0.29) is 0 Å². The molecule has 0 N–H and O–H groups in total. The lowest BCUT2D eigenvalue weighted by molar-refractivity contribution is 0.484. The molecule has 5 heterocycles. The van der Waals surface area contributed by atoms with E-state index in [1.54, 1.807) is 0 Å². The number of nitrogens with zero attached hydrogens (tertiary/aromatic N) is 5. The van der Waals surface area contributed by atoms with Gasteiger partial charge in [0.15, 0.2) is 0 Å². The van der Waals surface area contributed by atoms with Crippen molar-refractivity contribution in [1.82, 2.24) is 23.8 Å². The number of para-hydroxylation sites is 4. The van der Waals surface area contributed by atoms with Gasteiger partial charge in [-0.3, -0.25) is 13.8 Å². The van der Waals surface area contributed by atoms with Crippen molar-refractivity contribution < 1.29 is 4.74 Å². The molecule has 0 saturated heterocycles. The van der Waals surface area contributed by atoms with E-state index in [1.807, 2.05) is 24.4 Å². The van der Waals surface area contributed by atoms with Crippen molar-refractivity contribution in [3.05, 3.63) is 151 Å². The van der Waals surface area contributed by atoms with Gasteiger partial charge in [0.25, 0.3) is 0 Å². The summed E-state index contributed by atoms with van der Waals surface area (Å²) in [6.45, 7) is 9.15. The van der Waals surface area contributed by atoms with Crippen molar-refractivity contribution >= 4 is 76.8 Å². The van der Waals surface area contributed by atoms with Crippen LogP contribution < -0.4 is 4.74 Å². The van der Waals surface area contributed by atoms with Crippen LogP contribution in [-0.2, 0) is 0 Å². The summed E-state index contributed by atoms with van der Waals surface area (Å²) < 4.78 is 11.3. The van der Waals surface area contributed by atoms with Crippen molar-refractivity contribution in [2.24, 2.45) is 0 Å². The van der Waals surface area contributed by atoms with Crippen molar-refractivity contribution in [1.29, 1.82) is 0 Å². The Labute approximate surface area is 317 Å². The van der Waals surface area contributed by atoms with Gasteiger partial charge in [-0.2, -0.15) is 0 Å². The molecule has 0 aliphatic carbocycles. The summed E-state index contributed by atoms with van der Waals surface area (Å²) >= 11 is 0. The number of pyridine rings is 3. The summed E-state index contributed by atoms with van der Waals surface area (Å²) in [7, 11) is 0. The van der Waals surface area contributed by atoms with Gasteiger partial charge >= 0.3 is 0 Å². The largest absolute Gasteiger partial charge is 0.457 e. The van der Waals surface area contributed by atoms with Crippen LogP contribution in [0.25, 0.3) is 88.0 Å². The highest BCUT2D eigenvalue weighted by Crippen LogP contribution is 2.41. The van der Waals surface area contributed by atoms with Crippen LogP contribution in [0.15, 0.2) is 140 Å². The summed E-state index contributed by atoms with van der Waals surface area (Å²) in [5, 5.41) is 5.39. The standard InChI is InChI=1S/C49H37N5O/c1-28(2)33-11-9-12-34(29(3)4)46(33)30-18-23-42-37(25-30)35-21-19-31(26-38(35)48-51-40-13-5-7-15-43(40)53(42)48)55-32-20-22-36-39(27-32)49-52-41-14-6-8-16-44(41)54(49)45-17-10-24-50-47(36)45/h5-29H,1-4H3. The molecule has 6 nitrogen and oxygen atoms in total. The highest BCUT2D eigenvalue weighted by molar-refractivity contribution is 6.15. The highest BCUT2D eigenvalue weighted by Gasteiger charge is 2.20. The van der Waals surface area contributed by atoms with Gasteiger partial charge in [-0.15, -0.1) is 0 Å². The predicted octanol–water partition coefficient (Wildman–Crippen LogP) is 13.0. The topological polar surface area (TPSA) is 56.7 Å². The Bertz CT molecular complexity index is 3340. The monoisotopic (exact) mass is 711 g/mol. The van der Waals surface area contributed by atoms with Gasteiger partial charge in [0.05, 0.1) is 38.6 Å². The molecule has 0 radical (unpaired) electrons. The van der Waals surface area contributed by atoms with Crippen LogP contribution in [0.4, 0.5) is 0 Å². The molecule has 6 aromatic carbocycles. The quantitative estimate of drug-likeness (QED) is 0.167. The fourth-order valence-corrected chi connectivity index (χ4v) is 8.79. The zero-order valence-electron chi connectivity index (χ0n) is 31.1. The predicted molar refractivity (Wildman–Crippen MR) is 227 cm³/mol. The number of benzene rings is 6. The number of fused-ring (bicyclic) bond motifs is 16. The fraction of sp³-hybridized carbons (Fsp3) is 0.122. The van der Waals surface area contributed by atoms with Crippen LogP contribution in [0.1, 0.15) is 50.7 Å². The smallest absolute Gasteiger partial charge is 0.146 e. The zero-order chi connectivity index (χ0) is 36.9. The summed E-state index contributed by atoms with van der Waals surface area (Å²) in [6.07, 6.45) is 1.85. The van der Waals surface area contributed by atoms with Crippen LogP contribution in [0, 0.1) is 0 Å². The second kappa shape index (κ2) is 11.9. The maximum atomic E-state index is 6.75. The van der Waals surface area contributed by atoms with E-state index < -0.39 is 0 Å². The third kappa shape index (κ3) is 4.70. The molecular formula is C49H37N5O. The molecule has 0 unspecified atom stereocenters. The van der Waals surface area contributed by atoms with E-state index in [2.05, 4.69) is 152 Å². The average Bonchev–Trinajstić information content (AvgIpc) is 3.81.